The number of rotatable bonds is 4. The molecule has 1 atom stereocenters. The zero-order valence-electron chi connectivity index (χ0n) is 14.5. The van der Waals surface area contributed by atoms with Crippen molar-refractivity contribution >= 4 is 17.3 Å². The number of hydrogen-bond acceptors (Lipinski definition) is 3. The number of carbonyl (C=O) groups is 1. The van der Waals surface area contributed by atoms with Gasteiger partial charge in [0.25, 0.3) is 5.91 Å². The lowest BCUT2D eigenvalue weighted by atomic mass is 9.91. The van der Waals surface area contributed by atoms with Crippen LogP contribution in [0.4, 0.5) is 11.4 Å². The lowest BCUT2D eigenvalue weighted by molar-refractivity contribution is -0.136. The summed E-state index contributed by atoms with van der Waals surface area (Å²) in [5.41, 5.74) is 7.62. The first-order valence-corrected chi connectivity index (χ1v) is 8.49. The Morgan fingerprint density at radius 2 is 1.79 bits per heavy atom. The van der Waals surface area contributed by atoms with Gasteiger partial charge in [-0.3, -0.25) is 9.69 Å². The van der Waals surface area contributed by atoms with Crippen molar-refractivity contribution in [1.82, 2.24) is 0 Å². The van der Waals surface area contributed by atoms with Crippen LogP contribution >= 0.6 is 0 Å². The van der Waals surface area contributed by atoms with Crippen molar-refractivity contribution in [2.24, 2.45) is 0 Å². The molecule has 4 heteroatoms. The van der Waals surface area contributed by atoms with Gasteiger partial charge in [0.2, 0.25) is 0 Å². The number of ether oxygens (including phenoxy) is 1. The van der Waals surface area contributed by atoms with E-state index in [0.717, 1.165) is 11.3 Å². The fourth-order valence-corrected chi connectivity index (χ4v) is 3.36. The largest absolute Gasteiger partial charge is 0.475 e. The molecule has 1 amide bonds. The standard InChI is InChI=1S/C20H24N2O2/c1-4-20(5-2)19(23)22(14(3)15-9-7-6-8-10-15)17-12-11-16(21)13-18(17)24-20/h6-14H,4-5,21H2,1-3H3. The van der Waals surface area contributed by atoms with Crippen LogP contribution < -0.4 is 15.4 Å². The van der Waals surface area contributed by atoms with Gasteiger partial charge in [0.1, 0.15) is 5.75 Å². The maximum atomic E-state index is 13.3. The fourth-order valence-electron chi connectivity index (χ4n) is 3.36. The lowest BCUT2D eigenvalue weighted by Gasteiger charge is -2.44. The van der Waals surface area contributed by atoms with Crippen molar-refractivity contribution in [3.8, 4) is 5.75 Å². The van der Waals surface area contributed by atoms with Crippen LogP contribution in [0, 0.1) is 0 Å². The summed E-state index contributed by atoms with van der Waals surface area (Å²) in [4.78, 5) is 15.2. The minimum absolute atomic E-state index is 0.0149. The van der Waals surface area contributed by atoms with E-state index in [0.29, 0.717) is 24.3 Å². The number of benzene rings is 2. The maximum Gasteiger partial charge on any atom is 0.271 e. The van der Waals surface area contributed by atoms with Gasteiger partial charge in [0, 0.05) is 11.8 Å². The molecule has 1 aliphatic heterocycles. The Morgan fingerprint density at radius 3 is 2.42 bits per heavy atom. The maximum absolute atomic E-state index is 13.3. The summed E-state index contributed by atoms with van der Waals surface area (Å²) in [6, 6.07) is 15.5. The van der Waals surface area contributed by atoms with Crippen molar-refractivity contribution in [3.05, 3.63) is 54.1 Å². The second kappa shape index (κ2) is 6.19. The van der Waals surface area contributed by atoms with Crippen LogP contribution in [0.15, 0.2) is 48.5 Å². The van der Waals surface area contributed by atoms with Crippen molar-refractivity contribution in [2.45, 2.75) is 45.3 Å². The first-order chi connectivity index (χ1) is 11.5. The molecule has 0 saturated heterocycles. The van der Waals surface area contributed by atoms with Gasteiger partial charge in [-0.1, -0.05) is 44.2 Å². The van der Waals surface area contributed by atoms with Gasteiger partial charge in [-0.2, -0.15) is 0 Å². The quantitative estimate of drug-likeness (QED) is 0.852. The molecule has 0 radical (unpaired) electrons. The van der Waals surface area contributed by atoms with E-state index in [4.69, 9.17) is 10.5 Å². The fraction of sp³-hybridized carbons (Fsp3) is 0.350. The molecule has 4 nitrogen and oxygen atoms in total. The monoisotopic (exact) mass is 324 g/mol. The molecule has 0 bridgehead atoms. The van der Waals surface area contributed by atoms with Gasteiger partial charge in [0.05, 0.1) is 11.7 Å². The molecule has 0 saturated carbocycles. The zero-order chi connectivity index (χ0) is 17.3. The Morgan fingerprint density at radius 1 is 1.12 bits per heavy atom. The molecule has 2 N–H and O–H groups in total. The topological polar surface area (TPSA) is 55.6 Å². The van der Waals surface area contributed by atoms with E-state index in [9.17, 15) is 4.79 Å². The summed E-state index contributed by atoms with van der Waals surface area (Å²) in [5.74, 6) is 0.696. The van der Waals surface area contributed by atoms with E-state index in [1.807, 2.05) is 67.3 Å². The van der Waals surface area contributed by atoms with Crippen molar-refractivity contribution in [2.75, 3.05) is 10.6 Å². The highest BCUT2D eigenvalue weighted by Gasteiger charge is 2.47. The van der Waals surface area contributed by atoms with Crippen LogP contribution in [-0.4, -0.2) is 11.5 Å². The third-order valence-electron chi connectivity index (χ3n) is 4.97. The number of fused-ring (bicyclic) bond motifs is 1. The third kappa shape index (κ3) is 2.52. The molecular formula is C20H24N2O2. The van der Waals surface area contributed by atoms with E-state index in [1.54, 1.807) is 0 Å². The van der Waals surface area contributed by atoms with Crippen LogP contribution in [0.3, 0.4) is 0 Å². The Labute approximate surface area is 143 Å². The molecule has 3 rings (SSSR count). The summed E-state index contributed by atoms with van der Waals surface area (Å²) in [6.45, 7) is 6.03. The number of carbonyl (C=O) groups excluding carboxylic acids is 1. The average molecular weight is 324 g/mol. The van der Waals surface area contributed by atoms with Gasteiger partial charge in [-0.15, -0.1) is 0 Å². The Kier molecular flexibility index (Phi) is 4.22. The van der Waals surface area contributed by atoms with E-state index < -0.39 is 5.60 Å². The predicted octanol–water partition coefficient (Wildman–Crippen LogP) is 4.31. The van der Waals surface area contributed by atoms with Gasteiger partial charge >= 0.3 is 0 Å². The van der Waals surface area contributed by atoms with E-state index in [2.05, 4.69) is 6.92 Å². The summed E-state index contributed by atoms with van der Waals surface area (Å²) in [6.07, 6.45) is 1.24. The average Bonchev–Trinajstić information content (AvgIpc) is 2.61. The molecular weight excluding hydrogens is 300 g/mol. The minimum Gasteiger partial charge on any atom is -0.475 e. The Bertz CT molecular complexity index is 739. The molecule has 2 aromatic rings. The summed E-state index contributed by atoms with van der Waals surface area (Å²) in [5, 5.41) is 0. The SMILES string of the molecule is CCC1(CC)Oc2cc(N)ccc2N(C(C)c2ccccc2)C1=O. The number of nitrogen functional groups attached to an aromatic ring is 1. The number of hydrogen-bond donors (Lipinski definition) is 1. The molecule has 126 valence electrons. The molecule has 0 aromatic heterocycles. The first-order valence-electron chi connectivity index (χ1n) is 8.49. The summed E-state index contributed by atoms with van der Waals surface area (Å²) >= 11 is 0. The molecule has 1 unspecified atom stereocenters. The normalized spacial score (nSPS) is 17.1. The lowest BCUT2D eigenvalue weighted by Crippen LogP contribution is -2.56. The van der Waals surface area contributed by atoms with E-state index >= 15 is 0 Å². The van der Waals surface area contributed by atoms with Crippen LogP contribution in [-0.2, 0) is 4.79 Å². The smallest absolute Gasteiger partial charge is 0.271 e. The highest BCUT2D eigenvalue weighted by Crippen LogP contribution is 2.44. The van der Waals surface area contributed by atoms with Crippen LogP contribution in [0.25, 0.3) is 0 Å². The van der Waals surface area contributed by atoms with E-state index in [1.165, 1.54) is 0 Å². The second-order valence-corrected chi connectivity index (χ2v) is 6.29. The number of amides is 1. The molecule has 2 aromatic carbocycles. The Hall–Kier alpha value is -2.49. The van der Waals surface area contributed by atoms with Crippen LogP contribution in [0.2, 0.25) is 0 Å². The molecule has 24 heavy (non-hydrogen) atoms. The minimum atomic E-state index is -0.830. The molecule has 1 aliphatic rings. The van der Waals surface area contributed by atoms with Crippen LogP contribution in [0.5, 0.6) is 5.75 Å². The van der Waals surface area contributed by atoms with Gasteiger partial charge in [-0.05, 0) is 37.5 Å². The molecule has 0 spiro atoms. The molecule has 0 aliphatic carbocycles. The third-order valence-corrected chi connectivity index (χ3v) is 4.97. The second-order valence-electron chi connectivity index (χ2n) is 6.29. The van der Waals surface area contributed by atoms with E-state index in [-0.39, 0.29) is 11.9 Å². The van der Waals surface area contributed by atoms with Gasteiger partial charge < -0.3 is 10.5 Å². The van der Waals surface area contributed by atoms with Crippen molar-refractivity contribution in [3.63, 3.8) is 0 Å². The highest BCUT2D eigenvalue weighted by atomic mass is 16.5. The Balaban J connectivity index is 2.14. The predicted molar refractivity (Wildman–Crippen MR) is 97.1 cm³/mol. The highest BCUT2D eigenvalue weighted by molar-refractivity contribution is 6.03. The van der Waals surface area contributed by atoms with Gasteiger partial charge in [-0.25, -0.2) is 0 Å². The number of nitrogens with zero attached hydrogens (tertiary/aromatic N) is 1. The van der Waals surface area contributed by atoms with Gasteiger partial charge in [0.15, 0.2) is 5.60 Å². The van der Waals surface area contributed by atoms with Crippen molar-refractivity contribution < 1.29 is 9.53 Å². The van der Waals surface area contributed by atoms with Crippen molar-refractivity contribution in [1.29, 1.82) is 0 Å². The number of anilines is 2. The zero-order valence-corrected chi connectivity index (χ0v) is 14.5. The molecule has 1 heterocycles. The summed E-state index contributed by atoms with van der Waals surface area (Å²) in [7, 11) is 0. The summed E-state index contributed by atoms with van der Waals surface area (Å²) < 4.78 is 6.16. The first kappa shape index (κ1) is 16.4. The van der Waals surface area contributed by atoms with Crippen LogP contribution in [0.1, 0.15) is 45.2 Å². The number of nitrogens with two attached hydrogens (primary N) is 1. The molecule has 0 fully saturated rings.